The summed E-state index contributed by atoms with van der Waals surface area (Å²) in [6.45, 7) is 2.13. The topological polar surface area (TPSA) is 180 Å². The number of nitrogens with two attached hydrogens (primary N) is 1. The first kappa shape index (κ1) is 28.0. The van der Waals surface area contributed by atoms with Crippen molar-refractivity contribution in [3.63, 3.8) is 0 Å². The van der Waals surface area contributed by atoms with Gasteiger partial charge in [-0.3, -0.25) is 38.8 Å². The van der Waals surface area contributed by atoms with Gasteiger partial charge in [-0.25, -0.2) is 0 Å². The van der Waals surface area contributed by atoms with Gasteiger partial charge < -0.3 is 26.4 Å². The van der Waals surface area contributed by atoms with Gasteiger partial charge in [0.05, 0.1) is 26.2 Å². The van der Waals surface area contributed by atoms with Gasteiger partial charge in [-0.05, 0) is 24.3 Å². The molecule has 1 heterocycles. The lowest BCUT2D eigenvalue weighted by molar-refractivity contribution is -0.140. The van der Waals surface area contributed by atoms with E-state index in [2.05, 4.69) is 5.32 Å². The molecule has 1 aliphatic rings. The molecule has 2 rings (SSSR count). The first-order chi connectivity index (χ1) is 16.6. The minimum absolute atomic E-state index is 0.0390. The molecule has 1 amide bonds. The number of nitrogen functional groups attached to an aromatic ring is 1. The molecule has 0 spiro atoms. The van der Waals surface area contributed by atoms with E-state index in [1.165, 1.54) is 0 Å². The summed E-state index contributed by atoms with van der Waals surface area (Å²) in [6, 6.07) is 6.73. The van der Waals surface area contributed by atoms with Crippen molar-refractivity contribution in [2.24, 2.45) is 0 Å². The highest BCUT2D eigenvalue weighted by Crippen LogP contribution is 2.10. The van der Waals surface area contributed by atoms with Crippen LogP contribution in [-0.4, -0.2) is 137 Å². The van der Waals surface area contributed by atoms with Crippen LogP contribution in [0.1, 0.15) is 0 Å². The lowest BCUT2D eigenvalue weighted by Gasteiger charge is -2.32. The molecule has 0 saturated carbocycles. The fraction of sp³-hybridized carbons (Fsp3) is 0.545. The Kier molecular flexibility index (Phi) is 11.4. The molecule has 6 N–H and O–H groups in total. The molecule has 13 heteroatoms. The van der Waals surface area contributed by atoms with Crippen LogP contribution < -0.4 is 11.1 Å². The molecule has 0 aromatic heterocycles. The number of nitrogens with one attached hydrogen (secondary N) is 1. The maximum atomic E-state index is 12.6. The highest BCUT2D eigenvalue weighted by Gasteiger charge is 2.21. The minimum Gasteiger partial charge on any atom is -0.480 e. The summed E-state index contributed by atoms with van der Waals surface area (Å²) < 4.78 is 0. The van der Waals surface area contributed by atoms with Gasteiger partial charge in [0.25, 0.3) is 0 Å². The van der Waals surface area contributed by atoms with Gasteiger partial charge in [-0.15, -0.1) is 0 Å². The summed E-state index contributed by atoms with van der Waals surface area (Å²) in [7, 11) is 0. The lowest BCUT2D eigenvalue weighted by atomic mass is 10.3. The molecule has 0 atom stereocenters. The number of carbonyl (C=O) groups excluding carboxylic acids is 1. The number of carbonyl (C=O) groups is 4. The Morgan fingerprint density at radius 1 is 0.629 bits per heavy atom. The van der Waals surface area contributed by atoms with Gasteiger partial charge in [0, 0.05) is 63.7 Å². The molecule has 1 aliphatic heterocycles. The molecule has 0 aliphatic carbocycles. The predicted octanol–water partition coefficient (Wildman–Crippen LogP) is -1.32. The molecule has 35 heavy (non-hydrogen) atoms. The fourth-order valence-corrected chi connectivity index (χ4v) is 3.75. The van der Waals surface area contributed by atoms with Crippen LogP contribution in [-0.2, 0) is 19.2 Å². The highest BCUT2D eigenvalue weighted by atomic mass is 16.4. The van der Waals surface area contributed by atoms with E-state index in [9.17, 15) is 34.5 Å². The number of rotatable bonds is 9. The molecular formula is C22H34N6O7. The number of carboxylic acids is 3. The van der Waals surface area contributed by atoms with Crippen molar-refractivity contribution >= 4 is 35.2 Å². The third-order valence-electron chi connectivity index (χ3n) is 5.57. The van der Waals surface area contributed by atoms with Crippen LogP contribution in [0.4, 0.5) is 11.4 Å². The normalized spacial score (nSPS) is 17.7. The van der Waals surface area contributed by atoms with Crippen LogP contribution in [0.15, 0.2) is 24.3 Å². The van der Waals surface area contributed by atoms with E-state index in [4.69, 9.17) is 5.73 Å². The quantitative estimate of drug-likeness (QED) is 0.256. The first-order valence-electron chi connectivity index (χ1n) is 11.3. The van der Waals surface area contributed by atoms with Crippen LogP contribution in [0.25, 0.3) is 0 Å². The second-order valence-corrected chi connectivity index (χ2v) is 8.46. The molecule has 1 aromatic carbocycles. The summed E-state index contributed by atoms with van der Waals surface area (Å²) in [5, 5.41) is 30.6. The standard InChI is InChI=1S/C22H34N6O7/c23-17-1-3-18(4-2-17)24-19(29)13-25-5-7-26(14-20(30)31)9-11-28(16-22(34)35)12-10-27(8-6-25)15-21(32)33/h1-4H,5-16,23H2,(H,24,29)(H,30,31)(H,32,33)(H,34,35). The largest absolute Gasteiger partial charge is 0.480 e. The van der Waals surface area contributed by atoms with E-state index in [1.807, 2.05) is 4.90 Å². The molecule has 13 nitrogen and oxygen atoms in total. The number of carboxylic acid groups (broad SMARTS) is 3. The molecular weight excluding hydrogens is 460 g/mol. The number of benzene rings is 1. The smallest absolute Gasteiger partial charge is 0.317 e. The Labute approximate surface area is 203 Å². The molecule has 1 saturated heterocycles. The predicted molar refractivity (Wildman–Crippen MR) is 128 cm³/mol. The third-order valence-corrected chi connectivity index (χ3v) is 5.57. The summed E-state index contributed by atoms with van der Waals surface area (Å²) in [5.41, 5.74) is 6.84. The van der Waals surface area contributed by atoms with E-state index < -0.39 is 17.9 Å². The average Bonchev–Trinajstić information content (AvgIpc) is 2.76. The summed E-state index contributed by atoms with van der Waals surface area (Å²) in [6.07, 6.45) is 0. The van der Waals surface area contributed by atoms with Crippen molar-refractivity contribution in [3.8, 4) is 0 Å². The molecule has 0 unspecified atom stereocenters. The molecule has 194 valence electrons. The van der Waals surface area contributed by atoms with Gasteiger partial charge in [-0.2, -0.15) is 0 Å². The van der Waals surface area contributed by atoms with E-state index in [0.29, 0.717) is 63.7 Å². The number of hydrogen-bond donors (Lipinski definition) is 5. The number of aliphatic carboxylic acids is 3. The van der Waals surface area contributed by atoms with Crippen LogP contribution in [0.2, 0.25) is 0 Å². The van der Waals surface area contributed by atoms with Gasteiger partial charge >= 0.3 is 17.9 Å². The van der Waals surface area contributed by atoms with E-state index in [-0.39, 0.29) is 32.1 Å². The van der Waals surface area contributed by atoms with Gasteiger partial charge in [0.15, 0.2) is 0 Å². The number of hydrogen-bond acceptors (Lipinski definition) is 9. The summed E-state index contributed by atoms with van der Waals surface area (Å²) >= 11 is 0. The Balaban J connectivity index is 2.11. The first-order valence-corrected chi connectivity index (χ1v) is 11.3. The second kappa shape index (κ2) is 14.2. The van der Waals surface area contributed by atoms with E-state index >= 15 is 0 Å². The molecule has 0 bridgehead atoms. The average molecular weight is 495 g/mol. The molecule has 0 radical (unpaired) electrons. The Hall–Kier alpha value is -3.26. The van der Waals surface area contributed by atoms with Crippen molar-refractivity contribution in [2.75, 3.05) is 89.6 Å². The van der Waals surface area contributed by atoms with Crippen molar-refractivity contribution < 1.29 is 34.5 Å². The van der Waals surface area contributed by atoms with E-state index in [1.54, 1.807) is 39.0 Å². The van der Waals surface area contributed by atoms with Crippen molar-refractivity contribution in [1.82, 2.24) is 19.6 Å². The maximum Gasteiger partial charge on any atom is 0.317 e. The van der Waals surface area contributed by atoms with Gasteiger partial charge in [0.1, 0.15) is 0 Å². The Morgan fingerprint density at radius 3 is 1.26 bits per heavy atom. The zero-order valence-electron chi connectivity index (χ0n) is 19.6. The van der Waals surface area contributed by atoms with Crippen LogP contribution in [0, 0.1) is 0 Å². The monoisotopic (exact) mass is 494 g/mol. The van der Waals surface area contributed by atoms with Crippen LogP contribution >= 0.6 is 0 Å². The number of nitrogens with zero attached hydrogens (tertiary/aromatic N) is 4. The number of anilines is 2. The van der Waals surface area contributed by atoms with Crippen molar-refractivity contribution in [3.05, 3.63) is 24.3 Å². The van der Waals surface area contributed by atoms with Crippen LogP contribution in [0.3, 0.4) is 0 Å². The Bertz CT molecular complexity index is 834. The SMILES string of the molecule is Nc1ccc(NC(=O)CN2CCN(CC(=O)O)CCN(CC(=O)O)CCN(CC(=O)O)CC2)cc1. The third kappa shape index (κ3) is 11.6. The van der Waals surface area contributed by atoms with Crippen molar-refractivity contribution in [1.29, 1.82) is 0 Å². The minimum atomic E-state index is -1.01. The van der Waals surface area contributed by atoms with Gasteiger partial charge in [-0.1, -0.05) is 0 Å². The Morgan fingerprint density at radius 2 is 0.943 bits per heavy atom. The maximum absolute atomic E-state index is 12.6. The number of amides is 1. The molecule has 1 fully saturated rings. The van der Waals surface area contributed by atoms with Crippen molar-refractivity contribution in [2.45, 2.75) is 0 Å². The summed E-state index contributed by atoms with van der Waals surface area (Å²) in [4.78, 5) is 53.5. The molecule has 1 aromatic rings. The van der Waals surface area contributed by atoms with E-state index in [0.717, 1.165) is 0 Å². The summed E-state index contributed by atoms with van der Waals surface area (Å²) in [5.74, 6) is -3.27. The van der Waals surface area contributed by atoms with Crippen LogP contribution in [0.5, 0.6) is 0 Å². The second-order valence-electron chi connectivity index (χ2n) is 8.46. The lowest BCUT2D eigenvalue weighted by Crippen LogP contribution is -2.49. The zero-order valence-corrected chi connectivity index (χ0v) is 19.6. The zero-order chi connectivity index (χ0) is 25.8. The fourth-order valence-electron chi connectivity index (χ4n) is 3.75. The van der Waals surface area contributed by atoms with Gasteiger partial charge in [0.2, 0.25) is 5.91 Å². The highest BCUT2D eigenvalue weighted by molar-refractivity contribution is 5.92.